The average Bonchev–Trinajstić information content (AvgIpc) is 2.84. The lowest BCUT2D eigenvalue weighted by molar-refractivity contribution is 0.469. The maximum Gasteiger partial charge on any atom is 0.214 e. The molecule has 7 heteroatoms. The third kappa shape index (κ3) is 2.57. The summed E-state index contributed by atoms with van der Waals surface area (Å²) in [6.07, 6.45) is 4.24. The minimum atomic E-state index is -3.16. The molecule has 1 fully saturated rings. The molecule has 0 bridgehead atoms. The summed E-state index contributed by atoms with van der Waals surface area (Å²) in [6.45, 7) is 2.70. The topological polar surface area (TPSA) is 81.2 Å². The summed E-state index contributed by atoms with van der Waals surface area (Å²) in [5.74, 6) is 0.187. The lowest BCUT2D eigenvalue weighted by Gasteiger charge is -2.15. The molecule has 0 amide bonds. The third-order valence-electron chi connectivity index (χ3n) is 3.29. The molecule has 102 valence electrons. The first-order valence-electron chi connectivity index (χ1n) is 6.15. The molecule has 1 saturated heterocycles. The zero-order chi connectivity index (χ0) is 13.3. The molecule has 0 saturated carbocycles. The standard InChI is InChI=1S/C11H20N4O2S/c1-3-4-18(16,17)15-5-9(10(12)6-15)11-7-14(2)8-13-11/h7-10H,3-6,12H2,1-2H3/t9-,10-/m1/s1. The van der Waals surface area contributed by atoms with Crippen molar-refractivity contribution in [1.82, 2.24) is 13.9 Å². The van der Waals surface area contributed by atoms with Gasteiger partial charge in [-0.1, -0.05) is 6.92 Å². The van der Waals surface area contributed by atoms with Crippen molar-refractivity contribution in [2.24, 2.45) is 12.8 Å². The van der Waals surface area contributed by atoms with E-state index in [0.29, 0.717) is 19.5 Å². The van der Waals surface area contributed by atoms with Gasteiger partial charge in [-0.3, -0.25) is 0 Å². The van der Waals surface area contributed by atoms with Crippen molar-refractivity contribution in [2.75, 3.05) is 18.8 Å². The Balaban J connectivity index is 2.14. The van der Waals surface area contributed by atoms with Crippen molar-refractivity contribution in [2.45, 2.75) is 25.3 Å². The van der Waals surface area contributed by atoms with Crippen LogP contribution in [0.5, 0.6) is 0 Å². The number of hydrogen-bond acceptors (Lipinski definition) is 4. The third-order valence-corrected chi connectivity index (χ3v) is 5.30. The van der Waals surface area contributed by atoms with Crippen molar-refractivity contribution < 1.29 is 8.42 Å². The fourth-order valence-electron chi connectivity index (χ4n) is 2.34. The molecule has 0 spiro atoms. The molecule has 2 N–H and O–H groups in total. The Labute approximate surface area is 108 Å². The number of aryl methyl sites for hydroxylation is 1. The second-order valence-electron chi connectivity index (χ2n) is 4.87. The minimum absolute atomic E-state index is 0.00201. The summed E-state index contributed by atoms with van der Waals surface area (Å²) in [5.41, 5.74) is 6.92. The van der Waals surface area contributed by atoms with Gasteiger partial charge in [0.25, 0.3) is 0 Å². The quantitative estimate of drug-likeness (QED) is 0.829. The fraction of sp³-hybridized carbons (Fsp3) is 0.727. The first kappa shape index (κ1) is 13.5. The molecule has 0 radical (unpaired) electrons. The minimum Gasteiger partial charge on any atom is -0.340 e. The summed E-state index contributed by atoms with van der Waals surface area (Å²) < 4.78 is 27.4. The molecule has 0 aliphatic carbocycles. The first-order valence-corrected chi connectivity index (χ1v) is 7.76. The van der Waals surface area contributed by atoms with E-state index in [1.54, 1.807) is 6.33 Å². The highest BCUT2D eigenvalue weighted by atomic mass is 32.2. The predicted octanol–water partition coefficient (Wildman–Crippen LogP) is -0.114. The highest BCUT2D eigenvalue weighted by molar-refractivity contribution is 7.89. The molecule has 2 rings (SSSR count). The van der Waals surface area contributed by atoms with Crippen molar-refractivity contribution >= 4 is 10.0 Å². The average molecular weight is 272 g/mol. The van der Waals surface area contributed by atoms with Crippen LogP contribution in [0.25, 0.3) is 0 Å². The Morgan fingerprint density at radius 1 is 1.50 bits per heavy atom. The smallest absolute Gasteiger partial charge is 0.214 e. The van der Waals surface area contributed by atoms with Gasteiger partial charge in [-0.05, 0) is 6.42 Å². The van der Waals surface area contributed by atoms with Gasteiger partial charge in [-0.2, -0.15) is 4.31 Å². The van der Waals surface area contributed by atoms with Crippen LogP contribution in [0.15, 0.2) is 12.5 Å². The van der Waals surface area contributed by atoms with E-state index in [1.165, 1.54) is 4.31 Å². The lowest BCUT2D eigenvalue weighted by atomic mass is 10.0. The Bertz CT molecular complexity index is 511. The predicted molar refractivity (Wildman–Crippen MR) is 69.6 cm³/mol. The Kier molecular flexibility index (Phi) is 3.74. The SMILES string of the molecule is CCCS(=O)(=O)N1C[C@@H](N)[C@H](c2cn(C)cn2)C1. The summed E-state index contributed by atoms with van der Waals surface area (Å²) in [5, 5.41) is 0. The normalized spacial score (nSPS) is 25.7. The molecule has 2 heterocycles. The van der Waals surface area contributed by atoms with Crippen LogP contribution < -0.4 is 5.73 Å². The molecule has 0 unspecified atom stereocenters. The van der Waals surface area contributed by atoms with Gasteiger partial charge in [0.2, 0.25) is 10.0 Å². The molecule has 0 aromatic carbocycles. The van der Waals surface area contributed by atoms with Gasteiger partial charge >= 0.3 is 0 Å². The maximum atomic E-state index is 12.0. The van der Waals surface area contributed by atoms with Gasteiger partial charge < -0.3 is 10.3 Å². The Morgan fingerprint density at radius 3 is 2.78 bits per heavy atom. The van der Waals surface area contributed by atoms with Crippen LogP contribution >= 0.6 is 0 Å². The number of nitrogens with two attached hydrogens (primary N) is 1. The van der Waals surface area contributed by atoms with Crippen LogP contribution in [0.1, 0.15) is 25.0 Å². The number of aromatic nitrogens is 2. The van der Waals surface area contributed by atoms with Gasteiger partial charge in [0.1, 0.15) is 0 Å². The van der Waals surface area contributed by atoms with Crippen LogP contribution in [-0.4, -0.2) is 47.2 Å². The summed E-state index contributed by atoms with van der Waals surface area (Å²) >= 11 is 0. The van der Waals surface area contributed by atoms with Crippen LogP contribution in [0, 0.1) is 0 Å². The van der Waals surface area contributed by atoms with Gasteiger partial charge in [-0.25, -0.2) is 13.4 Å². The van der Waals surface area contributed by atoms with E-state index in [-0.39, 0.29) is 17.7 Å². The van der Waals surface area contributed by atoms with E-state index in [4.69, 9.17) is 5.73 Å². The maximum absolute atomic E-state index is 12.0. The molecule has 2 atom stereocenters. The highest BCUT2D eigenvalue weighted by Gasteiger charge is 2.38. The molecule has 6 nitrogen and oxygen atoms in total. The zero-order valence-electron chi connectivity index (χ0n) is 10.8. The van der Waals surface area contributed by atoms with E-state index < -0.39 is 10.0 Å². The van der Waals surface area contributed by atoms with Gasteiger partial charge in [0.05, 0.1) is 17.8 Å². The summed E-state index contributed by atoms with van der Waals surface area (Å²) in [7, 11) is -1.27. The number of hydrogen-bond donors (Lipinski definition) is 1. The zero-order valence-corrected chi connectivity index (χ0v) is 11.6. The first-order chi connectivity index (χ1) is 8.44. The van der Waals surface area contributed by atoms with E-state index >= 15 is 0 Å². The van der Waals surface area contributed by atoms with Crippen LogP contribution in [0.2, 0.25) is 0 Å². The molecule has 1 aromatic rings. The highest BCUT2D eigenvalue weighted by Crippen LogP contribution is 2.27. The van der Waals surface area contributed by atoms with E-state index in [1.807, 2.05) is 24.7 Å². The van der Waals surface area contributed by atoms with E-state index in [9.17, 15) is 8.42 Å². The van der Waals surface area contributed by atoms with Crippen LogP contribution in [0.4, 0.5) is 0 Å². The van der Waals surface area contributed by atoms with Gasteiger partial charge in [-0.15, -0.1) is 0 Å². The van der Waals surface area contributed by atoms with E-state index in [2.05, 4.69) is 4.98 Å². The van der Waals surface area contributed by atoms with Crippen LogP contribution in [0.3, 0.4) is 0 Å². The molecular weight excluding hydrogens is 252 g/mol. The summed E-state index contributed by atoms with van der Waals surface area (Å²) in [4.78, 5) is 4.27. The van der Waals surface area contributed by atoms with Crippen molar-refractivity contribution in [3.63, 3.8) is 0 Å². The van der Waals surface area contributed by atoms with Crippen LogP contribution in [-0.2, 0) is 17.1 Å². The molecular formula is C11H20N4O2S. The van der Waals surface area contributed by atoms with Gasteiger partial charge in [0.15, 0.2) is 0 Å². The molecule has 1 aliphatic rings. The number of nitrogens with zero attached hydrogens (tertiary/aromatic N) is 3. The van der Waals surface area contributed by atoms with Crippen molar-refractivity contribution in [1.29, 1.82) is 0 Å². The number of rotatable bonds is 4. The number of sulfonamides is 1. The second-order valence-corrected chi connectivity index (χ2v) is 6.96. The molecule has 18 heavy (non-hydrogen) atoms. The monoisotopic (exact) mass is 272 g/mol. The lowest BCUT2D eigenvalue weighted by Crippen LogP contribution is -2.33. The number of imidazole rings is 1. The van der Waals surface area contributed by atoms with E-state index in [0.717, 1.165) is 5.69 Å². The summed E-state index contributed by atoms with van der Waals surface area (Å²) in [6, 6.07) is -0.175. The Hall–Kier alpha value is -0.920. The largest absolute Gasteiger partial charge is 0.340 e. The van der Waals surface area contributed by atoms with Crippen molar-refractivity contribution in [3.8, 4) is 0 Å². The fourth-order valence-corrected chi connectivity index (χ4v) is 3.90. The van der Waals surface area contributed by atoms with Crippen molar-refractivity contribution in [3.05, 3.63) is 18.2 Å². The Morgan fingerprint density at radius 2 is 2.22 bits per heavy atom. The van der Waals surface area contributed by atoms with Gasteiger partial charge in [0, 0.05) is 38.3 Å². The molecule has 1 aromatic heterocycles. The molecule has 1 aliphatic heterocycles. The second kappa shape index (κ2) is 4.99.